The molecule has 0 aliphatic carbocycles. The molecule has 0 saturated heterocycles. The van der Waals surface area contributed by atoms with Crippen molar-refractivity contribution in [3.8, 4) is 11.4 Å². The lowest BCUT2D eigenvalue weighted by molar-refractivity contribution is 0.460. The van der Waals surface area contributed by atoms with E-state index in [4.69, 9.17) is 0 Å². The van der Waals surface area contributed by atoms with Crippen LogP contribution >= 0.6 is 0 Å². The number of phenols is 1. The van der Waals surface area contributed by atoms with Gasteiger partial charge in [-0.1, -0.05) is 18.2 Å². The Morgan fingerprint density at radius 3 is 2.58 bits per heavy atom. The Morgan fingerprint density at radius 2 is 1.88 bits per heavy atom. The first-order valence-electron chi connectivity index (χ1n) is 7.87. The van der Waals surface area contributed by atoms with E-state index in [1.807, 2.05) is 25.3 Å². The molecular formula is C19H20FN3O. The van der Waals surface area contributed by atoms with Crippen molar-refractivity contribution in [3.63, 3.8) is 0 Å². The second-order valence-electron chi connectivity index (χ2n) is 5.80. The zero-order valence-corrected chi connectivity index (χ0v) is 13.7. The molecule has 0 aliphatic rings. The van der Waals surface area contributed by atoms with E-state index < -0.39 is 0 Å². The Hall–Kier alpha value is -2.66. The smallest absolute Gasteiger partial charge is 0.123 e. The summed E-state index contributed by atoms with van der Waals surface area (Å²) < 4.78 is 14.9. The van der Waals surface area contributed by atoms with Crippen LogP contribution in [0.1, 0.15) is 29.8 Å². The second kappa shape index (κ2) is 6.84. The standard InChI is InChI=1S/C19H20FN3O/c1-13(21-11-15-5-3-4-6-19(15)24)18-12-22-23(14(18)2)17-9-7-16(20)8-10-17/h3-10,12-13,21,24H,11H2,1-2H3/t13-/m1/s1. The van der Waals surface area contributed by atoms with Crippen LogP contribution in [0.25, 0.3) is 5.69 Å². The fourth-order valence-corrected chi connectivity index (χ4v) is 2.72. The first-order valence-corrected chi connectivity index (χ1v) is 7.87. The molecule has 0 fully saturated rings. The van der Waals surface area contributed by atoms with Crippen molar-refractivity contribution in [2.24, 2.45) is 0 Å². The van der Waals surface area contributed by atoms with E-state index in [9.17, 15) is 9.50 Å². The minimum absolute atomic E-state index is 0.0683. The number of rotatable bonds is 5. The van der Waals surface area contributed by atoms with Gasteiger partial charge >= 0.3 is 0 Å². The number of halogens is 1. The van der Waals surface area contributed by atoms with Gasteiger partial charge in [-0.05, 0) is 44.2 Å². The summed E-state index contributed by atoms with van der Waals surface area (Å²) in [5.41, 5.74) is 3.75. The van der Waals surface area contributed by atoms with Crippen LogP contribution in [0.4, 0.5) is 4.39 Å². The maximum Gasteiger partial charge on any atom is 0.123 e. The molecule has 3 aromatic rings. The molecule has 0 bridgehead atoms. The van der Waals surface area contributed by atoms with Crippen molar-refractivity contribution in [2.45, 2.75) is 26.4 Å². The number of phenolic OH excluding ortho intramolecular Hbond substituents is 1. The fraction of sp³-hybridized carbons (Fsp3) is 0.211. The number of aromatic hydroxyl groups is 1. The summed E-state index contributed by atoms with van der Waals surface area (Å²) >= 11 is 0. The van der Waals surface area contributed by atoms with Crippen molar-refractivity contribution < 1.29 is 9.50 Å². The minimum atomic E-state index is -0.263. The molecule has 3 rings (SSSR count). The second-order valence-corrected chi connectivity index (χ2v) is 5.80. The number of benzene rings is 2. The summed E-state index contributed by atoms with van der Waals surface area (Å²) in [6, 6.07) is 13.6. The molecule has 0 radical (unpaired) electrons. The zero-order valence-electron chi connectivity index (χ0n) is 13.7. The molecule has 24 heavy (non-hydrogen) atoms. The minimum Gasteiger partial charge on any atom is -0.508 e. The number of hydrogen-bond donors (Lipinski definition) is 2. The van der Waals surface area contributed by atoms with Crippen LogP contribution in [0.5, 0.6) is 5.75 Å². The molecule has 0 spiro atoms. The van der Waals surface area contributed by atoms with Crippen LogP contribution in [-0.4, -0.2) is 14.9 Å². The first-order chi connectivity index (χ1) is 11.6. The van der Waals surface area contributed by atoms with Gasteiger partial charge in [-0.15, -0.1) is 0 Å². The summed E-state index contributed by atoms with van der Waals surface area (Å²) in [5, 5.41) is 17.6. The Balaban J connectivity index is 1.75. The predicted octanol–water partition coefficient (Wildman–Crippen LogP) is 3.88. The molecule has 1 aromatic heterocycles. The number of para-hydroxylation sites is 1. The fourth-order valence-electron chi connectivity index (χ4n) is 2.72. The van der Waals surface area contributed by atoms with E-state index in [0.717, 1.165) is 22.5 Å². The number of aromatic nitrogens is 2. The third-order valence-electron chi connectivity index (χ3n) is 4.18. The summed E-state index contributed by atoms with van der Waals surface area (Å²) in [4.78, 5) is 0. The molecule has 0 aliphatic heterocycles. The van der Waals surface area contributed by atoms with Gasteiger partial charge in [0.25, 0.3) is 0 Å². The molecule has 5 heteroatoms. The number of hydrogen-bond acceptors (Lipinski definition) is 3. The Kier molecular flexibility index (Phi) is 4.62. The highest BCUT2D eigenvalue weighted by molar-refractivity contribution is 5.36. The molecule has 0 saturated carbocycles. The van der Waals surface area contributed by atoms with E-state index in [2.05, 4.69) is 17.3 Å². The van der Waals surface area contributed by atoms with Gasteiger partial charge in [0.2, 0.25) is 0 Å². The summed E-state index contributed by atoms with van der Waals surface area (Å²) in [6.07, 6.45) is 1.82. The number of nitrogens with one attached hydrogen (secondary N) is 1. The molecule has 1 atom stereocenters. The van der Waals surface area contributed by atoms with Crippen LogP contribution in [0.3, 0.4) is 0 Å². The normalized spacial score (nSPS) is 12.3. The lowest BCUT2D eigenvalue weighted by Crippen LogP contribution is -2.18. The Labute approximate surface area is 140 Å². The monoisotopic (exact) mass is 325 g/mol. The SMILES string of the molecule is Cc1c([C@@H](C)NCc2ccccc2O)cnn1-c1ccc(F)cc1. The maximum atomic E-state index is 13.1. The molecule has 0 unspecified atom stereocenters. The molecule has 2 aromatic carbocycles. The first kappa shape index (κ1) is 16.2. The maximum absolute atomic E-state index is 13.1. The van der Waals surface area contributed by atoms with Crippen LogP contribution in [0, 0.1) is 12.7 Å². The number of nitrogens with zero attached hydrogens (tertiary/aromatic N) is 2. The molecule has 1 heterocycles. The average molecular weight is 325 g/mol. The lowest BCUT2D eigenvalue weighted by Gasteiger charge is -2.15. The van der Waals surface area contributed by atoms with Crippen LogP contribution < -0.4 is 5.32 Å². The predicted molar refractivity (Wildman–Crippen MR) is 91.6 cm³/mol. The van der Waals surface area contributed by atoms with Gasteiger partial charge in [0, 0.05) is 29.4 Å². The molecule has 2 N–H and O–H groups in total. The Morgan fingerprint density at radius 1 is 1.17 bits per heavy atom. The van der Waals surface area contributed by atoms with E-state index in [0.29, 0.717) is 6.54 Å². The van der Waals surface area contributed by atoms with Crippen LogP contribution in [-0.2, 0) is 6.54 Å². The molecule has 0 amide bonds. The molecule has 4 nitrogen and oxygen atoms in total. The van der Waals surface area contributed by atoms with Gasteiger partial charge < -0.3 is 10.4 Å². The molecule has 124 valence electrons. The summed E-state index contributed by atoms with van der Waals surface area (Å²) in [5.74, 6) is 0.0254. The summed E-state index contributed by atoms with van der Waals surface area (Å²) in [6.45, 7) is 4.61. The molecular weight excluding hydrogens is 305 g/mol. The van der Waals surface area contributed by atoms with E-state index >= 15 is 0 Å². The third kappa shape index (κ3) is 3.31. The third-order valence-corrected chi connectivity index (χ3v) is 4.18. The Bertz CT molecular complexity index is 827. The average Bonchev–Trinajstić information content (AvgIpc) is 2.96. The van der Waals surface area contributed by atoms with Crippen molar-refractivity contribution in [1.29, 1.82) is 0 Å². The van der Waals surface area contributed by atoms with Gasteiger partial charge in [-0.25, -0.2) is 9.07 Å². The van der Waals surface area contributed by atoms with E-state index in [1.54, 1.807) is 28.9 Å². The van der Waals surface area contributed by atoms with Crippen molar-refractivity contribution >= 4 is 0 Å². The van der Waals surface area contributed by atoms with Crippen molar-refractivity contribution in [3.05, 3.63) is 77.4 Å². The van der Waals surface area contributed by atoms with Crippen LogP contribution in [0.2, 0.25) is 0 Å². The van der Waals surface area contributed by atoms with E-state index in [-0.39, 0.29) is 17.6 Å². The highest BCUT2D eigenvalue weighted by Gasteiger charge is 2.14. The topological polar surface area (TPSA) is 50.1 Å². The highest BCUT2D eigenvalue weighted by Crippen LogP contribution is 2.22. The lowest BCUT2D eigenvalue weighted by atomic mass is 10.1. The van der Waals surface area contributed by atoms with Gasteiger partial charge in [-0.3, -0.25) is 0 Å². The highest BCUT2D eigenvalue weighted by atomic mass is 19.1. The van der Waals surface area contributed by atoms with Crippen molar-refractivity contribution in [2.75, 3.05) is 0 Å². The van der Waals surface area contributed by atoms with Gasteiger partial charge in [0.05, 0.1) is 11.9 Å². The van der Waals surface area contributed by atoms with Gasteiger partial charge in [0.15, 0.2) is 0 Å². The van der Waals surface area contributed by atoms with Gasteiger partial charge in [0.1, 0.15) is 11.6 Å². The largest absolute Gasteiger partial charge is 0.508 e. The zero-order chi connectivity index (χ0) is 17.1. The van der Waals surface area contributed by atoms with Gasteiger partial charge in [-0.2, -0.15) is 5.10 Å². The summed E-state index contributed by atoms with van der Waals surface area (Å²) in [7, 11) is 0. The van der Waals surface area contributed by atoms with Crippen molar-refractivity contribution in [1.82, 2.24) is 15.1 Å². The quantitative estimate of drug-likeness (QED) is 0.748. The van der Waals surface area contributed by atoms with Crippen LogP contribution in [0.15, 0.2) is 54.7 Å². The van der Waals surface area contributed by atoms with E-state index in [1.165, 1.54) is 12.1 Å².